The minimum atomic E-state index is -1.23. The predicted molar refractivity (Wildman–Crippen MR) is 165 cm³/mol. The van der Waals surface area contributed by atoms with Crippen molar-refractivity contribution in [2.75, 3.05) is 0 Å². The SMILES string of the molecule is CCCCn1c2ccccc2c2cc(-c3ccc(-c4csc(-c5ccc(/C=C(/C#N)C(=O)O)s5)n4)cc3)ccc21. The van der Waals surface area contributed by atoms with E-state index in [-0.39, 0.29) is 5.57 Å². The van der Waals surface area contributed by atoms with Crippen LogP contribution in [0.15, 0.2) is 89.8 Å². The normalized spacial score (nSPS) is 11.8. The zero-order valence-electron chi connectivity index (χ0n) is 21.8. The summed E-state index contributed by atoms with van der Waals surface area (Å²) in [6.07, 6.45) is 3.72. The highest BCUT2D eigenvalue weighted by molar-refractivity contribution is 7.21. The number of para-hydroxylation sites is 1. The predicted octanol–water partition coefficient (Wildman–Crippen LogP) is 9.11. The molecule has 0 atom stereocenters. The van der Waals surface area contributed by atoms with Crippen molar-refractivity contribution in [2.45, 2.75) is 26.3 Å². The summed E-state index contributed by atoms with van der Waals surface area (Å²) < 4.78 is 2.45. The van der Waals surface area contributed by atoms with E-state index in [0.29, 0.717) is 4.88 Å². The average molecular weight is 560 g/mol. The number of fused-ring (bicyclic) bond motifs is 3. The van der Waals surface area contributed by atoms with Gasteiger partial charge in [0, 0.05) is 44.2 Å². The van der Waals surface area contributed by atoms with Crippen LogP contribution in [-0.4, -0.2) is 20.6 Å². The summed E-state index contributed by atoms with van der Waals surface area (Å²) in [6, 6.07) is 29.4. The molecule has 3 aromatic carbocycles. The number of nitrogens with zero attached hydrogens (tertiary/aromatic N) is 3. The molecular formula is C33H25N3O2S2. The minimum Gasteiger partial charge on any atom is -0.477 e. The molecule has 7 heteroatoms. The van der Waals surface area contributed by atoms with Crippen LogP contribution in [0.4, 0.5) is 0 Å². The van der Waals surface area contributed by atoms with Gasteiger partial charge >= 0.3 is 5.97 Å². The zero-order chi connectivity index (χ0) is 27.6. The fourth-order valence-electron chi connectivity index (χ4n) is 4.97. The minimum absolute atomic E-state index is 0.283. The third kappa shape index (κ3) is 4.84. The summed E-state index contributed by atoms with van der Waals surface area (Å²) in [5.41, 5.74) is 6.58. The first-order valence-electron chi connectivity index (χ1n) is 13.1. The van der Waals surface area contributed by atoms with Gasteiger partial charge in [0.25, 0.3) is 0 Å². The number of thiophene rings is 1. The summed E-state index contributed by atoms with van der Waals surface area (Å²) in [5.74, 6) is -1.23. The molecule has 0 amide bonds. The molecule has 0 aliphatic carbocycles. The van der Waals surface area contributed by atoms with E-state index in [0.717, 1.165) is 39.7 Å². The number of carboxylic acids is 1. The number of thiazole rings is 1. The van der Waals surface area contributed by atoms with E-state index in [4.69, 9.17) is 15.4 Å². The Bertz CT molecular complexity index is 1930. The molecule has 40 heavy (non-hydrogen) atoms. The summed E-state index contributed by atoms with van der Waals surface area (Å²) in [7, 11) is 0. The van der Waals surface area contributed by atoms with Gasteiger partial charge in [-0.1, -0.05) is 61.9 Å². The number of nitriles is 1. The molecule has 1 N–H and O–H groups in total. The Balaban J connectivity index is 1.27. The molecule has 0 radical (unpaired) electrons. The highest BCUT2D eigenvalue weighted by Crippen LogP contribution is 2.36. The number of carboxylic acid groups (broad SMARTS) is 1. The van der Waals surface area contributed by atoms with Crippen LogP contribution in [0.5, 0.6) is 0 Å². The fourth-order valence-corrected chi connectivity index (χ4v) is 6.83. The fraction of sp³-hybridized carbons (Fsp3) is 0.121. The second-order valence-electron chi connectivity index (χ2n) is 9.55. The quantitative estimate of drug-likeness (QED) is 0.149. The van der Waals surface area contributed by atoms with Gasteiger partial charge in [-0.15, -0.1) is 22.7 Å². The van der Waals surface area contributed by atoms with Gasteiger partial charge in [-0.3, -0.25) is 0 Å². The zero-order valence-corrected chi connectivity index (χ0v) is 23.4. The van der Waals surface area contributed by atoms with E-state index >= 15 is 0 Å². The van der Waals surface area contributed by atoms with Gasteiger partial charge in [-0.05, 0) is 54.0 Å². The van der Waals surface area contributed by atoms with Crippen LogP contribution in [0.2, 0.25) is 0 Å². The lowest BCUT2D eigenvalue weighted by molar-refractivity contribution is -0.132. The van der Waals surface area contributed by atoms with Gasteiger partial charge in [0.05, 0.1) is 10.6 Å². The monoisotopic (exact) mass is 559 g/mol. The van der Waals surface area contributed by atoms with E-state index in [1.54, 1.807) is 17.4 Å². The van der Waals surface area contributed by atoms with Crippen molar-refractivity contribution in [3.8, 4) is 38.3 Å². The molecule has 0 unspecified atom stereocenters. The number of aryl methyl sites for hydroxylation is 1. The summed E-state index contributed by atoms with van der Waals surface area (Å²) in [6.45, 7) is 3.26. The Labute approximate surface area is 239 Å². The topological polar surface area (TPSA) is 78.9 Å². The van der Waals surface area contributed by atoms with Gasteiger partial charge in [0.1, 0.15) is 16.6 Å². The van der Waals surface area contributed by atoms with Crippen molar-refractivity contribution in [1.29, 1.82) is 5.26 Å². The van der Waals surface area contributed by atoms with Crippen molar-refractivity contribution in [2.24, 2.45) is 0 Å². The first-order valence-corrected chi connectivity index (χ1v) is 14.8. The maximum Gasteiger partial charge on any atom is 0.346 e. The number of rotatable bonds is 8. The smallest absolute Gasteiger partial charge is 0.346 e. The Morgan fingerprint density at radius 3 is 2.50 bits per heavy atom. The maximum absolute atomic E-state index is 11.1. The molecule has 6 aromatic rings. The Hall–Kier alpha value is -4.51. The van der Waals surface area contributed by atoms with Gasteiger partial charge in [-0.2, -0.15) is 5.26 Å². The number of carbonyl (C=O) groups is 1. The van der Waals surface area contributed by atoms with Crippen molar-refractivity contribution in [3.05, 3.63) is 94.7 Å². The molecule has 196 valence electrons. The van der Waals surface area contributed by atoms with Crippen LogP contribution in [0, 0.1) is 11.3 Å². The van der Waals surface area contributed by atoms with Crippen LogP contribution in [0.25, 0.3) is 60.2 Å². The number of hydrogen-bond donors (Lipinski definition) is 1. The first kappa shape index (κ1) is 25.8. The summed E-state index contributed by atoms with van der Waals surface area (Å²) in [5, 5.41) is 23.6. The molecular weight excluding hydrogens is 535 g/mol. The molecule has 5 nitrogen and oxygen atoms in total. The van der Waals surface area contributed by atoms with Crippen molar-refractivity contribution >= 4 is 56.5 Å². The summed E-state index contributed by atoms with van der Waals surface area (Å²) >= 11 is 2.97. The third-order valence-corrected chi connectivity index (χ3v) is 9.04. The van der Waals surface area contributed by atoms with E-state index in [9.17, 15) is 4.79 Å². The number of aliphatic carboxylic acids is 1. The van der Waals surface area contributed by atoms with Gasteiger partial charge < -0.3 is 9.67 Å². The van der Waals surface area contributed by atoms with Crippen molar-refractivity contribution < 1.29 is 9.90 Å². The average Bonchev–Trinajstić information content (AvgIpc) is 3.72. The lowest BCUT2D eigenvalue weighted by atomic mass is 10.0. The Morgan fingerprint density at radius 1 is 0.975 bits per heavy atom. The van der Waals surface area contributed by atoms with Gasteiger partial charge in [-0.25, -0.2) is 9.78 Å². The highest BCUT2D eigenvalue weighted by atomic mass is 32.1. The lowest BCUT2D eigenvalue weighted by Crippen LogP contribution is -1.96. The Morgan fingerprint density at radius 2 is 1.73 bits per heavy atom. The van der Waals surface area contributed by atoms with E-state index in [1.165, 1.54) is 51.2 Å². The molecule has 0 bridgehead atoms. The van der Waals surface area contributed by atoms with E-state index in [2.05, 4.69) is 78.2 Å². The second-order valence-corrected chi connectivity index (χ2v) is 11.5. The molecule has 0 spiro atoms. The lowest BCUT2D eigenvalue weighted by Gasteiger charge is -2.07. The van der Waals surface area contributed by atoms with Crippen molar-refractivity contribution in [3.63, 3.8) is 0 Å². The molecule has 0 aliphatic rings. The molecule has 0 saturated carbocycles. The standard InChI is InChI=1S/C33H25N3O2S2/c1-2-3-16-36-29-7-5-4-6-26(29)27-18-23(12-14-30(27)36)21-8-10-22(11-9-21)28-20-39-32(35-28)31-15-13-25(40-31)17-24(19-34)33(37)38/h4-15,17-18,20H,2-3,16H2,1H3,(H,37,38)/b24-17-. The summed E-state index contributed by atoms with van der Waals surface area (Å²) in [4.78, 5) is 17.6. The van der Waals surface area contributed by atoms with Gasteiger partial charge in [0.2, 0.25) is 0 Å². The van der Waals surface area contributed by atoms with E-state index in [1.807, 2.05) is 17.5 Å². The van der Waals surface area contributed by atoms with Crippen LogP contribution in [-0.2, 0) is 11.3 Å². The van der Waals surface area contributed by atoms with E-state index < -0.39 is 5.97 Å². The number of benzene rings is 3. The van der Waals surface area contributed by atoms with Crippen LogP contribution in [0.3, 0.4) is 0 Å². The van der Waals surface area contributed by atoms with Crippen LogP contribution >= 0.6 is 22.7 Å². The largest absolute Gasteiger partial charge is 0.477 e. The number of unbranched alkanes of at least 4 members (excludes halogenated alkanes) is 1. The molecule has 3 aromatic heterocycles. The Kier molecular flexibility index (Phi) is 7.04. The number of aromatic nitrogens is 2. The second kappa shape index (κ2) is 10.9. The maximum atomic E-state index is 11.1. The third-order valence-electron chi connectivity index (χ3n) is 7.00. The molecule has 0 saturated heterocycles. The highest BCUT2D eigenvalue weighted by Gasteiger charge is 2.13. The molecule has 0 aliphatic heterocycles. The molecule has 6 rings (SSSR count). The first-order chi connectivity index (χ1) is 19.6. The number of hydrogen-bond acceptors (Lipinski definition) is 5. The molecule has 0 fully saturated rings. The van der Waals surface area contributed by atoms with Crippen LogP contribution < -0.4 is 0 Å². The van der Waals surface area contributed by atoms with Crippen molar-refractivity contribution in [1.82, 2.24) is 9.55 Å². The molecule has 3 heterocycles. The van der Waals surface area contributed by atoms with Gasteiger partial charge in [0.15, 0.2) is 0 Å². The van der Waals surface area contributed by atoms with Crippen LogP contribution in [0.1, 0.15) is 24.6 Å².